The van der Waals surface area contributed by atoms with Crippen LogP contribution < -0.4 is 0 Å². The Morgan fingerprint density at radius 1 is 1.19 bits per heavy atom. The van der Waals surface area contributed by atoms with Gasteiger partial charge in [-0.3, -0.25) is 0 Å². The molecule has 0 aliphatic carbocycles. The summed E-state index contributed by atoms with van der Waals surface area (Å²) < 4.78 is 60.3. The maximum atomic E-state index is 10.7. The number of alkyl halides is 3. The lowest BCUT2D eigenvalue weighted by molar-refractivity contribution is -0.942. The van der Waals surface area contributed by atoms with Crippen molar-refractivity contribution in [3.63, 3.8) is 0 Å². The standard InChI is InChI=1S/C12H20N.CHF3O3S/c1-2-3-4-8-13-9-5-12(6-10-13)7-11-13;2-1(3,4)8(5,6)7/h1,12H,3-11H2;(H,5,6,7)/q+1;/p-1. The number of rotatable bonds is 3. The van der Waals surface area contributed by atoms with Crippen LogP contribution in [0.5, 0.6) is 0 Å². The highest BCUT2D eigenvalue weighted by atomic mass is 32.2. The van der Waals surface area contributed by atoms with Crippen LogP contribution in [0.3, 0.4) is 0 Å². The molecular weight excluding hydrogens is 307 g/mol. The van der Waals surface area contributed by atoms with Gasteiger partial charge in [0.2, 0.25) is 0 Å². The average molecular weight is 327 g/mol. The van der Waals surface area contributed by atoms with E-state index < -0.39 is 15.6 Å². The fraction of sp³-hybridized carbons (Fsp3) is 0.846. The van der Waals surface area contributed by atoms with Crippen LogP contribution >= 0.6 is 0 Å². The quantitative estimate of drug-likeness (QED) is 0.262. The molecule has 3 saturated heterocycles. The molecular formula is C13H20F3NO3S. The maximum Gasteiger partial charge on any atom is 0.485 e. The Labute approximate surface area is 123 Å². The summed E-state index contributed by atoms with van der Waals surface area (Å²) in [5, 5.41) is 0. The molecule has 3 rings (SSSR count). The van der Waals surface area contributed by atoms with Crippen LogP contribution in [0.4, 0.5) is 13.2 Å². The fourth-order valence-electron chi connectivity index (χ4n) is 2.99. The molecule has 8 heteroatoms. The molecule has 21 heavy (non-hydrogen) atoms. The maximum absolute atomic E-state index is 10.7. The number of unbranched alkanes of at least 4 members (excludes halogenated alkanes) is 1. The Balaban J connectivity index is 0.000000240. The van der Waals surface area contributed by atoms with E-state index in [4.69, 9.17) is 19.4 Å². The molecule has 2 bridgehead atoms. The summed E-state index contributed by atoms with van der Waals surface area (Å²) in [4.78, 5) is 0. The van der Waals surface area contributed by atoms with Crippen molar-refractivity contribution < 1.29 is 30.6 Å². The van der Waals surface area contributed by atoms with Crippen molar-refractivity contribution in [2.24, 2.45) is 5.92 Å². The zero-order valence-corrected chi connectivity index (χ0v) is 12.5. The van der Waals surface area contributed by atoms with Crippen molar-refractivity contribution in [3.8, 4) is 12.3 Å². The van der Waals surface area contributed by atoms with Gasteiger partial charge in [0, 0.05) is 12.8 Å². The lowest BCUT2D eigenvalue weighted by Crippen LogP contribution is -2.58. The van der Waals surface area contributed by atoms with Gasteiger partial charge in [0.15, 0.2) is 10.1 Å². The molecule has 0 radical (unpaired) electrons. The number of piperidine rings is 3. The van der Waals surface area contributed by atoms with Gasteiger partial charge in [0.05, 0.1) is 26.2 Å². The molecule has 0 saturated carbocycles. The van der Waals surface area contributed by atoms with Crippen molar-refractivity contribution in [1.82, 2.24) is 0 Å². The first kappa shape index (κ1) is 18.3. The van der Waals surface area contributed by atoms with E-state index in [-0.39, 0.29) is 0 Å². The summed E-state index contributed by atoms with van der Waals surface area (Å²) in [6.07, 6.45) is 11.9. The number of terminal acetylenes is 1. The van der Waals surface area contributed by atoms with Crippen molar-refractivity contribution >= 4 is 10.1 Å². The average Bonchev–Trinajstić information content (AvgIpc) is 2.39. The molecule has 0 atom stereocenters. The molecule has 0 aromatic carbocycles. The summed E-state index contributed by atoms with van der Waals surface area (Å²) in [6, 6.07) is 0. The first-order valence-corrected chi connectivity index (χ1v) is 8.31. The second kappa shape index (κ2) is 6.99. The van der Waals surface area contributed by atoms with E-state index in [1.807, 2.05) is 0 Å². The molecule has 0 aromatic rings. The fourth-order valence-corrected chi connectivity index (χ4v) is 2.99. The summed E-state index contributed by atoms with van der Waals surface area (Å²) in [5.74, 6) is 3.83. The van der Waals surface area contributed by atoms with Gasteiger partial charge in [-0.25, -0.2) is 8.42 Å². The SMILES string of the molecule is C#CCCC[N+]12CCC(CC1)CC2.O=S(=O)([O-])C(F)(F)F. The van der Waals surface area contributed by atoms with Crippen LogP contribution in [0.1, 0.15) is 32.1 Å². The van der Waals surface area contributed by atoms with Crippen LogP contribution in [0.15, 0.2) is 0 Å². The van der Waals surface area contributed by atoms with Crippen LogP contribution in [0, 0.1) is 18.3 Å². The van der Waals surface area contributed by atoms with E-state index in [1.165, 1.54) is 56.3 Å². The molecule has 3 heterocycles. The number of quaternary nitrogens is 1. The lowest BCUT2D eigenvalue weighted by Gasteiger charge is -2.49. The summed E-state index contributed by atoms with van der Waals surface area (Å²) >= 11 is 0. The highest BCUT2D eigenvalue weighted by Gasteiger charge is 2.39. The number of halogens is 3. The predicted octanol–water partition coefficient (Wildman–Crippen LogP) is 2.08. The van der Waals surface area contributed by atoms with E-state index in [9.17, 15) is 13.2 Å². The Kier molecular flexibility index (Phi) is 6.08. The Morgan fingerprint density at radius 3 is 1.95 bits per heavy atom. The largest absolute Gasteiger partial charge is 0.741 e. The molecule has 0 amide bonds. The number of hydrogen-bond acceptors (Lipinski definition) is 3. The topological polar surface area (TPSA) is 57.2 Å². The zero-order valence-electron chi connectivity index (χ0n) is 11.7. The van der Waals surface area contributed by atoms with Crippen LogP contribution in [0.2, 0.25) is 0 Å². The molecule has 3 aliphatic heterocycles. The van der Waals surface area contributed by atoms with Crippen molar-refractivity contribution in [3.05, 3.63) is 0 Å². The molecule has 0 aromatic heterocycles. The first-order chi connectivity index (χ1) is 9.60. The van der Waals surface area contributed by atoms with Gasteiger partial charge < -0.3 is 9.04 Å². The molecule has 4 nitrogen and oxygen atoms in total. The van der Waals surface area contributed by atoms with Crippen LogP contribution in [-0.4, -0.2) is 49.1 Å². The van der Waals surface area contributed by atoms with Gasteiger partial charge in [-0.2, -0.15) is 13.2 Å². The number of nitrogens with zero attached hydrogens (tertiary/aromatic N) is 1. The molecule has 0 spiro atoms. The van der Waals surface area contributed by atoms with Crippen molar-refractivity contribution in [2.45, 2.75) is 37.6 Å². The minimum Gasteiger partial charge on any atom is -0.741 e. The molecule has 3 aliphatic rings. The first-order valence-electron chi connectivity index (χ1n) is 6.90. The normalized spacial score (nSPS) is 28.4. The summed E-state index contributed by atoms with van der Waals surface area (Å²) in [5.41, 5.74) is -5.65. The van der Waals surface area contributed by atoms with Gasteiger partial charge in [-0.05, 0) is 25.2 Å². The summed E-state index contributed by atoms with van der Waals surface area (Å²) in [7, 11) is -6.09. The Bertz CT molecular complexity index is 460. The monoisotopic (exact) mass is 327 g/mol. The smallest absolute Gasteiger partial charge is 0.485 e. The van der Waals surface area contributed by atoms with E-state index in [1.54, 1.807) is 0 Å². The van der Waals surface area contributed by atoms with Crippen molar-refractivity contribution in [2.75, 3.05) is 26.2 Å². The van der Waals surface area contributed by atoms with E-state index in [2.05, 4.69) is 5.92 Å². The highest BCUT2D eigenvalue weighted by molar-refractivity contribution is 7.86. The van der Waals surface area contributed by atoms with E-state index in [0.717, 1.165) is 12.3 Å². The van der Waals surface area contributed by atoms with Gasteiger partial charge >= 0.3 is 5.51 Å². The van der Waals surface area contributed by atoms with E-state index in [0.29, 0.717) is 0 Å². The second-order valence-corrected chi connectivity index (χ2v) is 7.05. The summed E-state index contributed by atoms with van der Waals surface area (Å²) in [6.45, 7) is 5.66. The molecule has 0 N–H and O–H groups in total. The number of fused-ring (bicyclic) bond motifs is 3. The number of hydrogen-bond donors (Lipinski definition) is 0. The van der Waals surface area contributed by atoms with Gasteiger partial charge in [-0.1, -0.05) is 0 Å². The van der Waals surface area contributed by atoms with Crippen LogP contribution in [-0.2, 0) is 10.1 Å². The third-order valence-corrected chi connectivity index (χ3v) is 4.84. The second-order valence-electron chi connectivity index (χ2n) is 5.68. The molecule has 3 fully saturated rings. The van der Waals surface area contributed by atoms with Crippen molar-refractivity contribution in [1.29, 1.82) is 0 Å². The van der Waals surface area contributed by atoms with Gasteiger partial charge in [0.1, 0.15) is 0 Å². The minimum atomic E-state index is -6.09. The van der Waals surface area contributed by atoms with E-state index >= 15 is 0 Å². The Hall–Kier alpha value is -0.780. The predicted molar refractivity (Wildman–Crippen MR) is 70.9 cm³/mol. The molecule has 0 unspecified atom stereocenters. The lowest BCUT2D eigenvalue weighted by atomic mass is 9.85. The third-order valence-electron chi connectivity index (χ3n) is 4.27. The zero-order chi connectivity index (χ0) is 16.1. The van der Waals surface area contributed by atoms with Crippen LogP contribution in [0.25, 0.3) is 0 Å². The molecule has 122 valence electrons. The van der Waals surface area contributed by atoms with Gasteiger partial charge in [-0.15, -0.1) is 12.3 Å². The minimum absolute atomic E-state index is 0.976. The third kappa shape index (κ3) is 5.49. The Morgan fingerprint density at radius 2 is 1.62 bits per heavy atom. The van der Waals surface area contributed by atoms with Gasteiger partial charge in [0.25, 0.3) is 0 Å². The highest BCUT2D eigenvalue weighted by Crippen LogP contribution is 2.33.